The Labute approximate surface area is 174 Å². The molecular weight excluding hydrogens is 388 g/mol. The van der Waals surface area contributed by atoms with E-state index in [1.807, 2.05) is 24.3 Å². The van der Waals surface area contributed by atoms with E-state index in [1.165, 1.54) is 5.56 Å². The first kappa shape index (κ1) is 19.5. The van der Waals surface area contributed by atoms with E-state index in [2.05, 4.69) is 34.6 Å². The lowest BCUT2D eigenvalue weighted by molar-refractivity contribution is -0.138. The zero-order valence-corrected chi connectivity index (χ0v) is 16.7. The van der Waals surface area contributed by atoms with Gasteiger partial charge in [-0.3, -0.25) is 4.79 Å². The third kappa shape index (κ3) is 4.98. The molecule has 0 atom stereocenters. The zero-order chi connectivity index (χ0) is 20.2. The summed E-state index contributed by atoms with van der Waals surface area (Å²) in [5.74, 6) is 0.840. The number of halogens is 1. The molecule has 0 saturated heterocycles. The van der Waals surface area contributed by atoms with Gasteiger partial charge in [0, 0.05) is 22.7 Å². The Morgan fingerprint density at radius 1 is 1.14 bits per heavy atom. The lowest BCUT2D eigenvalue weighted by Crippen LogP contribution is -2.16. The fourth-order valence-electron chi connectivity index (χ4n) is 4.02. The van der Waals surface area contributed by atoms with Crippen LogP contribution in [0.2, 0.25) is 5.02 Å². The average Bonchev–Trinajstić information content (AvgIpc) is 3.17. The van der Waals surface area contributed by atoms with E-state index in [-0.39, 0.29) is 0 Å². The molecule has 0 amide bonds. The van der Waals surface area contributed by atoms with Crippen molar-refractivity contribution in [2.24, 2.45) is 5.92 Å². The molecule has 29 heavy (non-hydrogen) atoms. The Balaban J connectivity index is 1.38. The number of nitrogens with one attached hydrogen (secondary N) is 1. The monoisotopic (exact) mass is 410 g/mol. The minimum Gasteiger partial charge on any atom is -0.481 e. The molecule has 1 aromatic heterocycles. The largest absolute Gasteiger partial charge is 0.481 e. The van der Waals surface area contributed by atoms with Gasteiger partial charge in [0.2, 0.25) is 0 Å². The van der Waals surface area contributed by atoms with E-state index in [9.17, 15) is 4.79 Å². The lowest BCUT2D eigenvalue weighted by Gasteiger charge is -2.28. The van der Waals surface area contributed by atoms with Crippen molar-refractivity contribution in [2.75, 3.05) is 5.32 Å². The second-order valence-electron chi connectivity index (χ2n) is 7.60. The van der Waals surface area contributed by atoms with Gasteiger partial charge in [0.1, 0.15) is 0 Å². The summed E-state index contributed by atoms with van der Waals surface area (Å²) >= 11 is 6.00. The second kappa shape index (κ2) is 8.70. The van der Waals surface area contributed by atoms with Crippen LogP contribution in [-0.2, 0) is 4.79 Å². The van der Waals surface area contributed by atoms with E-state index < -0.39 is 5.97 Å². The molecule has 150 valence electrons. The van der Waals surface area contributed by atoms with Gasteiger partial charge < -0.3 is 14.8 Å². The van der Waals surface area contributed by atoms with Gasteiger partial charge in [0.05, 0.1) is 6.20 Å². The summed E-state index contributed by atoms with van der Waals surface area (Å²) in [6.45, 7) is 0. The number of oxazole rings is 1. The second-order valence-corrected chi connectivity index (χ2v) is 8.04. The fourth-order valence-corrected chi connectivity index (χ4v) is 4.21. The van der Waals surface area contributed by atoms with Crippen LogP contribution in [0.1, 0.15) is 43.6 Å². The van der Waals surface area contributed by atoms with Crippen LogP contribution in [0.3, 0.4) is 0 Å². The number of carboxylic acid groups (broad SMARTS) is 1. The Bertz CT molecular complexity index is 976. The molecule has 0 unspecified atom stereocenters. The third-order valence-electron chi connectivity index (χ3n) is 5.56. The maximum atomic E-state index is 10.9. The average molecular weight is 411 g/mol. The predicted molar refractivity (Wildman–Crippen MR) is 114 cm³/mol. The quantitative estimate of drug-likeness (QED) is 0.485. The van der Waals surface area contributed by atoms with E-state index >= 15 is 0 Å². The number of benzene rings is 2. The van der Waals surface area contributed by atoms with Crippen molar-refractivity contribution in [2.45, 2.75) is 38.0 Å². The molecule has 0 aliphatic heterocycles. The van der Waals surface area contributed by atoms with E-state index in [0.29, 0.717) is 35.1 Å². The predicted octanol–water partition coefficient (Wildman–Crippen LogP) is 6.49. The molecule has 3 aromatic rings. The van der Waals surface area contributed by atoms with Crippen molar-refractivity contribution >= 4 is 29.3 Å². The summed E-state index contributed by atoms with van der Waals surface area (Å²) < 4.78 is 5.83. The van der Waals surface area contributed by atoms with Crippen molar-refractivity contribution in [1.82, 2.24) is 4.98 Å². The molecule has 5 nitrogen and oxygen atoms in total. The topological polar surface area (TPSA) is 75.4 Å². The molecule has 1 aliphatic carbocycles. The highest BCUT2D eigenvalue weighted by atomic mass is 35.5. The molecule has 0 radical (unpaired) electrons. The first-order valence-electron chi connectivity index (χ1n) is 9.87. The molecular formula is C23H23ClN2O3. The van der Waals surface area contributed by atoms with Gasteiger partial charge in [-0.15, -0.1) is 0 Å². The number of hydrogen-bond acceptors (Lipinski definition) is 4. The van der Waals surface area contributed by atoms with Crippen LogP contribution in [-0.4, -0.2) is 16.1 Å². The number of aliphatic carboxylic acids is 1. The van der Waals surface area contributed by atoms with Gasteiger partial charge in [0.25, 0.3) is 6.01 Å². The maximum absolute atomic E-state index is 10.9. The van der Waals surface area contributed by atoms with Crippen LogP contribution in [0.5, 0.6) is 0 Å². The molecule has 1 aliphatic rings. The molecule has 6 heteroatoms. The van der Waals surface area contributed by atoms with Crippen LogP contribution in [0.4, 0.5) is 11.7 Å². The number of carbonyl (C=O) groups is 1. The van der Waals surface area contributed by atoms with Gasteiger partial charge in [-0.25, -0.2) is 4.98 Å². The molecule has 1 fully saturated rings. The van der Waals surface area contributed by atoms with Crippen molar-refractivity contribution in [3.8, 4) is 11.3 Å². The van der Waals surface area contributed by atoms with Crippen LogP contribution >= 0.6 is 11.6 Å². The minimum atomic E-state index is -0.686. The number of anilines is 2. The standard InChI is InChI=1S/C23H23ClN2O3/c24-19-2-1-3-20(13-19)26-23-25-14-21(29-23)18-10-8-17(9-11-18)16-6-4-15(5-7-16)12-22(27)28/h1-3,8-11,13-16H,4-7,12H2,(H,25,26)(H,27,28)/t15-,16-. The Morgan fingerprint density at radius 3 is 2.59 bits per heavy atom. The highest BCUT2D eigenvalue weighted by Gasteiger charge is 2.24. The molecule has 2 N–H and O–H groups in total. The Hall–Kier alpha value is -2.79. The molecule has 1 saturated carbocycles. The summed E-state index contributed by atoms with van der Waals surface area (Å²) in [7, 11) is 0. The Kier molecular flexibility index (Phi) is 5.86. The first-order chi connectivity index (χ1) is 14.1. The molecule has 1 heterocycles. The van der Waals surface area contributed by atoms with E-state index in [0.717, 1.165) is 36.9 Å². The highest BCUT2D eigenvalue weighted by Crippen LogP contribution is 2.37. The number of hydrogen-bond donors (Lipinski definition) is 2. The minimum absolute atomic E-state index is 0.294. The van der Waals surface area contributed by atoms with Gasteiger partial charge in [-0.05, 0) is 61.3 Å². The summed E-state index contributed by atoms with van der Waals surface area (Å²) in [4.78, 5) is 15.2. The molecule has 0 bridgehead atoms. The fraction of sp³-hybridized carbons (Fsp3) is 0.304. The summed E-state index contributed by atoms with van der Waals surface area (Å²) in [5.41, 5.74) is 3.10. The van der Waals surface area contributed by atoms with Crippen molar-refractivity contribution in [1.29, 1.82) is 0 Å². The summed E-state index contributed by atoms with van der Waals surface area (Å²) in [6, 6.07) is 16.2. The van der Waals surface area contributed by atoms with Gasteiger partial charge >= 0.3 is 5.97 Å². The molecule has 0 spiro atoms. The van der Waals surface area contributed by atoms with Crippen molar-refractivity contribution in [3.63, 3.8) is 0 Å². The van der Waals surface area contributed by atoms with Crippen LogP contribution in [0.15, 0.2) is 59.1 Å². The Morgan fingerprint density at radius 2 is 1.90 bits per heavy atom. The normalized spacial score (nSPS) is 19.1. The highest BCUT2D eigenvalue weighted by molar-refractivity contribution is 6.30. The van der Waals surface area contributed by atoms with E-state index in [1.54, 1.807) is 6.20 Å². The van der Waals surface area contributed by atoms with Gasteiger partial charge in [0.15, 0.2) is 5.76 Å². The van der Waals surface area contributed by atoms with Crippen LogP contribution in [0, 0.1) is 5.92 Å². The number of aromatic nitrogens is 1. The van der Waals surface area contributed by atoms with Gasteiger partial charge in [-0.1, -0.05) is 41.9 Å². The first-order valence-corrected chi connectivity index (χ1v) is 10.2. The smallest absolute Gasteiger partial charge is 0.303 e. The number of nitrogens with zero attached hydrogens (tertiary/aromatic N) is 1. The third-order valence-corrected chi connectivity index (χ3v) is 5.79. The molecule has 2 aromatic carbocycles. The maximum Gasteiger partial charge on any atom is 0.303 e. The van der Waals surface area contributed by atoms with Gasteiger partial charge in [-0.2, -0.15) is 0 Å². The van der Waals surface area contributed by atoms with Crippen LogP contribution < -0.4 is 5.32 Å². The zero-order valence-electron chi connectivity index (χ0n) is 16.0. The molecule has 4 rings (SSSR count). The number of carboxylic acids is 1. The lowest BCUT2D eigenvalue weighted by atomic mass is 9.77. The van der Waals surface area contributed by atoms with E-state index in [4.69, 9.17) is 21.1 Å². The SMILES string of the molecule is O=C(O)C[C@H]1CC[C@H](c2ccc(-c3cnc(Nc4cccc(Cl)c4)o3)cc2)CC1. The summed E-state index contributed by atoms with van der Waals surface area (Å²) in [6.07, 6.45) is 6.07. The van der Waals surface area contributed by atoms with Crippen molar-refractivity contribution < 1.29 is 14.3 Å². The summed E-state index contributed by atoms with van der Waals surface area (Å²) in [5, 5.41) is 12.7. The van der Waals surface area contributed by atoms with Crippen molar-refractivity contribution in [3.05, 3.63) is 65.3 Å². The van der Waals surface area contributed by atoms with Crippen LogP contribution in [0.25, 0.3) is 11.3 Å². The number of rotatable bonds is 6.